The van der Waals surface area contributed by atoms with Crippen molar-refractivity contribution in [2.45, 2.75) is 39.3 Å². The highest BCUT2D eigenvalue weighted by atomic mass is 35.5. The molecule has 1 N–H and O–H groups in total. The Morgan fingerprint density at radius 1 is 1.32 bits per heavy atom. The fourth-order valence-electron chi connectivity index (χ4n) is 2.00. The molecule has 0 aliphatic carbocycles. The molecule has 19 heavy (non-hydrogen) atoms. The minimum absolute atomic E-state index is 0.410. The number of aromatic nitrogens is 4. The van der Waals surface area contributed by atoms with Gasteiger partial charge in [-0.05, 0) is 13.3 Å². The van der Waals surface area contributed by atoms with Crippen LogP contribution in [-0.4, -0.2) is 24.9 Å². The maximum absolute atomic E-state index is 10.2. The number of aliphatic hydroxyl groups excluding tert-OH is 1. The van der Waals surface area contributed by atoms with E-state index in [0.717, 1.165) is 24.4 Å². The van der Waals surface area contributed by atoms with Gasteiger partial charge in [0.15, 0.2) is 0 Å². The lowest BCUT2D eigenvalue weighted by Crippen LogP contribution is -2.09. The molecular weight excluding hydrogens is 264 g/mol. The number of aliphatic hydroxyl groups is 1. The molecule has 5 nitrogen and oxygen atoms in total. The van der Waals surface area contributed by atoms with Gasteiger partial charge in [-0.2, -0.15) is 5.10 Å². The van der Waals surface area contributed by atoms with E-state index in [9.17, 15) is 5.11 Å². The lowest BCUT2D eigenvalue weighted by Gasteiger charge is -2.11. The van der Waals surface area contributed by atoms with Crippen molar-refractivity contribution in [2.75, 3.05) is 0 Å². The third kappa shape index (κ3) is 2.93. The summed E-state index contributed by atoms with van der Waals surface area (Å²) in [6, 6.07) is 0. The van der Waals surface area contributed by atoms with Crippen LogP contribution in [0.4, 0.5) is 0 Å². The molecule has 0 aliphatic rings. The number of halogens is 1. The van der Waals surface area contributed by atoms with E-state index in [4.69, 9.17) is 11.6 Å². The lowest BCUT2D eigenvalue weighted by molar-refractivity contribution is 0.174. The summed E-state index contributed by atoms with van der Waals surface area (Å²) in [5.41, 5.74) is 2.41. The topological polar surface area (TPSA) is 63.8 Å². The quantitative estimate of drug-likeness (QED) is 0.912. The first-order valence-corrected chi connectivity index (χ1v) is 6.72. The van der Waals surface area contributed by atoms with E-state index in [2.05, 4.69) is 15.1 Å². The van der Waals surface area contributed by atoms with Crippen LogP contribution in [0, 0.1) is 0 Å². The van der Waals surface area contributed by atoms with Crippen molar-refractivity contribution >= 4 is 11.6 Å². The van der Waals surface area contributed by atoms with Crippen LogP contribution >= 0.6 is 11.6 Å². The fourth-order valence-corrected chi connectivity index (χ4v) is 2.34. The molecule has 0 saturated heterocycles. The first-order chi connectivity index (χ1) is 9.17. The van der Waals surface area contributed by atoms with Crippen LogP contribution in [0.2, 0.25) is 5.02 Å². The zero-order chi connectivity index (χ0) is 13.8. The number of hydrogen-bond donors (Lipinski definition) is 1. The van der Waals surface area contributed by atoms with Crippen LogP contribution in [0.5, 0.6) is 0 Å². The fraction of sp³-hybridized carbons (Fsp3) is 0.462. The molecule has 0 fully saturated rings. The van der Waals surface area contributed by atoms with Crippen molar-refractivity contribution in [1.29, 1.82) is 0 Å². The van der Waals surface area contributed by atoms with Gasteiger partial charge in [0, 0.05) is 30.9 Å². The van der Waals surface area contributed by atoms with Crippen LogP contribution in [-0.2, 0) is 19.4 Å². The van der Waals surface area contributed by atoms with E-state index in [0.29, 0.717) is 17.0 Å². The van der Waals surface area contributed by atoms with E-state index in [-0.39, 0.29) is 0 Å². The Morgan fingerprint density at radius 3 is 2.58 bits per heavy atom. The van der Waals surface area contributed by atoms with Crippen LogP contribution in [0.15, 0.2) is 18.7 Å². The van der Waals surface area contributed by atoms with Gasteiger partial charge in [0.2, 0.25) is 0 Å². The highest BCUT2D eigenvalue weighted by molar-refractivity contribution is 6.31. The van der Waals surface area contributed by atoms with Gasteiger partial charge in [0.25, 0.3) is 0 Å². The molecule has 2 rings (SSSR count). The zero-order valence-electron chi connectivity index (χ0n) is 11.0. The standard InChI is InChI=1S/C13H17ClN4O/c1-3-10-13(14)11(18(4-2)17-10)5-12(19)9-6-15-8-16-7-9/h6-8,12,19H,3-5H2,1-2H3. The van der Waals surface area contributed by atoms with Crippen molar-refractivity contribution in [3.8, 4) is 0 Å². The molecule has 0 aromatic carbocycles. The average molecular weight is 281 g/mol. The highest BCUT2D eigenvalue weighted by Gasteiger charge is 2.18. The van der Waals surface area contributed by atoms with Crippen molar-refractivity contribution in [1.82, 2.24) is 19.7 Å². The lowest BCUT2D eigenvalue weighted by atomic mass is 10.1. The van der Waals surface area contributed by atoms with E-state index in [1.165, 1.54) is 6.33 Å². The van der Waals surface area contributed by atoms with E-state index >= 15 is 0 Å². The molecule has 0 spiro atoms. The molecule has 2 aromatic heterocycles. The summed E-state index contributed by atoms with van der Waals surface area (Å²) in [5.74, 6) is 0. The normalized spacial score (nSPS) is 12.6. The zero-order valence-corrected chi connectivity index (χ0v) is 11.8. The van der Waals surface area contributed by atoms with Gasteiger partial charge in [-0.15, -0.1) is 0 Å². The monoisotopic (exact) mass is 280 g/mol. The highest BCUT2D eigenvalue weighted by Crippen LogP contribution is 2.26. The summed E-state index contributed by atoms with van der Waals surface area (Å²) in [6.07, 6.45) is 5.17. The SMILES string of the molecule is CCc1nn(CC)c(CC(O)c2cncnc2)c1Cl. The second-order valence-corrected chi connectivity index (χ2v) is 4.65. The molecule has 0 aliphatic heterocycles. The van der Waals surface area contributed by atoms with Crippen molar-refractivity contribution in [3.63, 3.8) is 0 Å². The van der Waals surface area contributed by atoms with E-state index in [1.54, 1.807) is 12.4 Å². The number of nitrogens with zero attached hydrogens (tertiary/aromatic N) is 4. The third-order valence-corrected chi connectivity index (χ3v) is 3.48. The van der Waals surface area contributed by atoms with Crippen LogP contribution in [0.3, 0.4) is 0 Å². The van der Waals surface area contributed by atoms with Gasteiger partial charge in [-0.1, -0.05) is 18.5 Å². The van der Waals surface area contributed by atoms with Crippen molar-refractivity contribution in [2.24, 2.45) is 0 Å². The predicted molar refractivity (Wildman–Crippen MR) is 73.0 cm³/mol. The molecule has 6 heteroatoms. The van der Waals surface area contributed by atoms with Crippen molar-refractivity contribution < 1.29 is 5.11 Å². The molecule has 1 unspecified atom stereocenters. The summed E-state index contributed by atoms with van der Waals surface area (Å²) in [4.78, 5) is 7.81. The summed E-state index contributed by atoms with van der Waals surface area (Å²) < 4.78 is 1.84. The first kappa shape index (κ1) is 14.0. The minimum Gasteiger partial charge on any atom is -0.388 e. The van der Waals surface area contributed by atoms with Crippen LogP contribution in [0.25, 0.3) is 0 Å². The van der Waals surface area contributed by atoms with Crippen molar-refractivity contribution in [3.05, 3.63) is 40.7 Å². The van der Waals surface area contributed by atoms with Crippen LogP contribution in [0.1, 0.15) is 36.9 Å². The second kappa shape index (κ2) is 6.12. The molecule has 0 amide bonds. The molecule has 0 bridgehead atoms. The Morgan fingerprint density at radius 2 is 2.00 bits per heavy atom. The second-order valence-electron chi connectivity index (χ2n) is 4.27. The van der Waals surface area contributed by atoms with Gasteiger partial charge in [0.1, 0.15) is 6.33 Å². The molecular formula is C13H17ClN4O. The van der Waals surface area contributed by atoms with Gasteiger partial charge in [-0.25, -0.2) is 9.97 Å². The number of aryl methyl sites for hydroxylation is 2. The molecule has 1 atom stereocenters. The summed E-state index contributed by atoms with van der Waals surface area (Å²) in [5, 5.41) is 15.3. The molecule has 2 aromatic rings. The molecule has 0 radical (unpaired) electrons. The Bertz CT molecular complexity index is 541. The van der Waals surface area contributed by atoms with Gasteiger partial charge < -0.3 is 5.11 Å². The Balaban J connectivity index is 2.26. The maximum atomic E-state index is 10.2. The van der Waals surface area contributed by atoms with E-state index in [1.807, 2.05) is 18.5 Å². The molecule has 0 saturated carbocycles. The molecule has 102 valence electrons. The Labute approximate surface area is 117 Å². The minimum atomic E-state index is -0.676. The Hall–Kier alpha value is -1.46. The smallest absolute Gasteiger partial charge is 0.115 e. The predicted octanol–water partition coefficient (Wildman–Crippen LogP) is 2.18. The van der Waals surface area contributed by atoms with E-state index < -0.39 is 6.10 Å². The summed E-state index contributed by atoms with van der Waals surface area (Å²) in [7, 11) is 0. The van der Waals surface area contributed by atoms with Gasteiger partial charge >= 0.3 is 0 Å². The van der Waals surface area contributed by atoms with Crippen LogP contribution < -0.4 is 0 Å². The number of rotatable bonds is 5. The molecule has 2 heterocycles. The summed E-state index contributed by atoms with van der Waals surface area (Å²) >= 11 is 6.31. The van der Waals surface area contributed by atoms with Gasteiger partial charge in [-0.3, -0.25) is 4.68 Å². The largest absolute Gasteiger partial charge is 0.388 e. The maximum Gasteiger partial charge on any atom is 0.115 e. The average Bonchev–Trinajstić information content (AvgIpc) is 2.76. The number of hydrogen-bond acceptors (Lipinski definition) is 4. The first-order valence-electron chi connectivity index (χ1n) is 6.34. The Kier molecular flexibility index (Phi) is 4.50. The third-order valence-electron chi connectivity index (χ3n) is 3.05. The summed E-state index contributed by atoms with van der Waals surface area (Å²) in [6.45, 7) is 4.75. The van der Waals surface area contributed by atoms with Gasteiger partial charge in [0.05, 0.1) is 22.5 Å².